The van der Waals surface area contributed by atoms with Gasteiger partial charge < -0.3 is 23.9 Å². The molecule has 0 radical (unpaired) electrons. The number of nitrogens with one attached hydrogen (secondary N) is 1. The van der Waals surface area contributed by atoms with Crippen molar-refractivity contribution in [3.8, 4) is 28.0 Å². The standard InChI is InChI=1S/C18H18N2O5S/c1-22-14-7-11(8-15(23-2)16(14)24-3)9-19-17(21)12-10-26-18(20-12)13-5-4-6-25-13/h4-8,10H,9H2,1-3H3,(H,19,21). The highest BCUT2D eigenvalue weighted by molar-refractivity contribution is 7.13. The SMILES string of the molecule is COc1cc(CNC(=O)c2csc(-c3ccco3)n2)cc(OC)c1OC. The normalized spacial score (nSPS) is 10.4. The highest BCUT2D eigenvalue weighted by Crippen LogP contribution is 2.38. The second kappa shape index (κ2) is 7.92. The van der Waals surface area contributed by atoms with Crippen LogP contribution in [0.3, 0.4) is 0 Å². The topological polar surface area (TPSA) is 82.8 Å². The third-order valence-electron chi connectivity index (χ3n) is 3.65. The maximum Gasteiger partial charge on any atom is 0.271 e. The van der Waals surface area contributed by atoms with Crippen LogP contribution in [0.2, 0.25) is 0 Å². The van der Waals surface area contributed by atoms with Crippen LogP contribution in [0.5, 0.6) is 17.2 Å². The van der Waals surface area contributed by atoms with Gasteiger partial charge >= 0.3 is 0 Å². The number of hydrogen-bond donors (Lipinski definition) is 1. The zero-order valence-electron chi connectivity index (χ0n) is 14.6. The fraction of sp³-hybridized carbons (Fsp3) is 0.222. The van der Waals surface area contributed by atoms with Crippen molar-refractivity contribution in [2.45, 2.75) is 6.54 Å². The van der Waals surface area contributed by atoms with Gasteiger partial charge in [-0.2, -0.15) is 0 Å². The molecule has 0 fully saturated rings. The summed E-state index contributed by atoms with van der Waals surface area (Å²) in [5.74, 6) is 1.94. The van der Waals surface area contributed by atoms with Crippen molar-refractivity contribution in [1.29, 1.82) is 0 Å². The summed E-state index contributed by atoms with van der Waals surface area (Å²) >= 11 is 1.35. The van der Waals surface area contributed by atoms with Gasteiger partial charge in [-0.15, -0.1) is 11.3 Å². The number of nitrogens with zero attached hydrogens (tertiary/aromatic N) is 1. The van der Waals surface area contributed by atoms with E-state index < -0.39 is 0 Å². The number of carbonyl (C=O) groups is 1. The van der Waals surface area contributed by atoms with E-state index in [2.05, 4.69) is 10.3 Å². The Bertz CT molecular complexity index is 864. The molecule has 136 valence electrons. The molecule has 0 bridgehead atoms. The summed E-state index contributed by atoms with van der Waals surface area (Å²) in [5, 5.41) is 5.19. The van der Waals surface area contributed by atoms with Crippen molar-refractivity contribution < 1.29 is 23.4 Å². The van der Waals surface area contributed by atoms with Gasteiger partial charge in [-0.25, -0.2) is 4.98 Å². The molecule has 0 unspecified atom stereocenters. The highest BCUT2D eigenvalue weighted by Gasteiger charge is 2.16. The lowest BCUT2D eigenvalue weighted by atomic mass is 10.1. The van der Waals surface area contributed by atoms with E-state index >= 15 is 0 Å². The Hall–Kier alpha value is -3.00. The third kappa shape index (κ3) is 3.65. The number of ether oxygens (including phenoxy) is 3. The first-order chi connectivity index (χ1) is 12.7. The van der Waals surface area contributed by atoms with Crippen LogP contribution in [-0.4, -0.2) is 32.2 Å². The van der Waals surface area contributed by atoms with Crippen LogP contribution in [0.15, 0.2) is 40.3 Å². The first-order valence-electron chi connectivity index (χ1n) is 7.72. The summed E-state index contributed by atoms with van der Waals surface area (Å²) < 4.78 is 21.2. The summed E-state index contributed by atoms with van der Waals surface area (Å²) in [5.41, 5.74) is 1.16. The quantitative estimate of drug-likeness (QED) is 0.683. The number of aromatic nitrogens is 1. The van der Waals surface area contributed by atoms with Gasteiger partial charge in [0.2, 0.25) is 5.75 Å². The van der Waals surface area contributed by atoms with E-state index in [0.29, 0.717) is 40.3 Å². The smallest absolute Gasteiger partial charge is 0.271 e. The number of hydrogen-bond acceptors (Lipinski definition) is 7. The minimum absolute atomic E-state index is 0.271. The first-order valence-corrected chi connectivity index (χ1v) is 8.60. The van der Waals surface area contributed by atoms with Crippen LogP contribution < -0.4 is 19.5 Å². The Morgan fingerprint density at radius 2 is 1.92 bits per heavy atom. The second-order valence-corrected chi connectivity index (χ2v) is 6.09. The monoisotopic (exact) mass is 374 g/mol. The summed E-state index contributed by atoms with van der Waals surface area (Å²) in [6.45, 7) is 0.295. The molecule has 0 saturated heterocycles. The van der Waals surface area contributed by atoms with Crippen LogP contribution >= 0.6 is 11.3 Å². The fourth-order valence-electron chi connectivity index (χ4n) is 2.40. The highest BCUT2D eigenvalue weighted by atomic mass is 32.1. The van der Waals surface area contributed by atoms with Crippen LogP contribution in [0.1, 0.15) is 16.1 Å². The van der Waals surface area contributed by atoms with Crippen molar-refractivity contribution in [2.75, 3.05) is 21.3 Å². The van der Waals surface area contributed by atoms with E-state index in [1.165, 1.54) is 11.3 Å². The molecule has 0 aliphatic carbocycles. The van der Waals surface area contributed by atoms with Gasteiger partial charge in [-0.05, 0) is 29.8 Å². The summed E-state index contributed by atoms with van der Waals surface area (Å²) in [6, 6.07) is 7.16. The van der Waals surface area contributed by atoms with Gasteiger partial charge in [0.25, 0.3) is 5.91 Å². The number of thiazole rings is 1. The van der Waals surface area contributed by atoms with E-state index in [1.54, 1.807) is 57.2 Å². The molecule has 0 spiro atoms. The van der Waals surface area contributed by atoms with Crippen molar-refractivity contribution in [3.05, 3.63) is 47.2 Å². The molecule has 2 aromatic heterocycles. The van der Waals surface area contributed by atoms with Crippen LogP contribution in [0.4, 0.5) is 0 Å². The largest absolute Gasteiger partial charge is 0.493 e. The maximum absolute atomic E-state index is 12.3. The molecule has 0 saturated carbocycles. The van der Waals surface area contributed by atoms with Crippen LogP contribution in [-0.2, 0) is 6.54 Å². The minimum Gasteiger partial charge on any atom is -0.493 e. The average molecular weight is 374 g/mol. The van der Waals surface area contributed by atoms with E-state index in [0.717, 1.165) is 5.56 Å². The summed E-state index contributed by atoms with van der Waals surface area (Å²) in [6.07, 6.45) is 1.57. The summed E-state index contributed by atoms with van der Waals surface area (Å²) in [7, 11) is 4.64. The number of benzene rings is 1. The van der Waals surface area contributed by atoms with Gasteiger partial charge in [0.15, 0.2) is 22.3 Å². The molecule has 0 aliphatic rings. The van der Waals surface area contributed by atoms with E-state index in [1.807, 2.05) is 0 Å². The molecule has 26 heavy (non-hydrogen) atoms. The Morgan fingerprint density at radius 3 is 2.50 bits per heavy atom. The number of amides is 1. The summed E-state index contributed by atoms with van der Waals surface area (Å²) in [4.78, 5) is 16.7. The molecule has 0 aliphatic heterocycles. The molecule has 1 N–H and O–H groups in total. The fourth-order valence-corrected chi connectivity index (χ4v) is 3.17. The lowest BCUT2D eigenvalue weighted by Gasteiger charge is -2.14. The van der Waals surface area contributed by atoms with E-state index in [9.17, 15) is 4.79 Å². The third-order valence-corrected chi connectivity index (χ3v) is 4.50. The number of methoxy groups -OCH3 is 3. The molecule has 3 rings (SSSR count). The molecule has 1 amide bonds. The zero-order valence-corrected chi connectivity index (χ0v) is 15.4. The van der Waals surface area contributed by atoms with Gasteiger partial charge in [0, 0.05) is 11.9 Å². The van der Waals surface area contributed by atoms with Crippen molar-refractivity contribution in [1.82, 2.24) is 10.3 Å². The number of carbonyl (C=O) groups excluding carboxylic acids is 1. The Labute approximate surface area is 154 Å². The van der Waals surface area contributed by atoms with E-state index in [4.69, 9.17) is 18.6 Å². The van der Waals surface area contributed by atoms with Crippen LogP contribution in [0.25, 0.3) is 10.8 Å². The van der Waals surface area contributed by atoms with Crippen LogP contribution in [0, 0.1) is 0 Å². The predicted octanol–water partition coefficient (Wildman–Crippen LogP) is 3.36. The average Bonchev–Trinajstić information content (AvgIpc) is 3.36. The lowest BCUT2D eigenvalue weighted by molar-refractivity contribution is 0.0946. The molecular weight excluding hydrogens is 356 g/mol. The van der Waals surface area contributed by atoms with Crippen molar-refractivity contribution in [3.63, 3.8) is 0 Å². The molecular formula is C18H18N2O5S. The van der Waals surface area contributed by atoms with Gasteiger partial charge in [-0.3, -0.25) is 4.79 Å². The molecule has 3 aromatic rings. The molecule has 0 atom stereocenters. The van der Waals surface area contributed by atoms with Gasteiger partial charge in [0.05, 0.1) is 27.6 Å². The lowest BCUT2D eigenvalue weighted by Crippen LogP contribution is -2.23. The number of furan rings is 1. The molecule has 8 heteroatoms. The maximum atomic E-state index is 12.3. The Morgan fingerprint density at radius 1 is 1.19 bits per heavy atom. The van der Waals surface area contributed by atoms with Crippen molar-refractivity contribution in [2.24, 2.45) is 0 Å². The van der Waals surface area contributed by atoms with E-state index in [-0.39, 0.29) is 5.91 Å². The minimum atomic E-state index is -0.271. The zero-order chi connectivity index (χ0) is 18.5. The first kappa shape index (κ1) is 17.8. The van der Waals surface area contributed by atoms with Gasteiger partial charge in [0.1, 0.15) is 5.69 Å². The van der Waals surface area contributed by atoms with Gasteiger partial charge in [-0.1, -0.05) is 0 Å². The number of rotatable bonds is 7. The predicted molar refractivity (Wildman–Crippen MR) is 97.1 cm³/mol. The molecule has 2 heterocycles. The van der Waals surface area contributed by atoms with Crippen molar-refractivity contribution >= 4 is 17.2 Å². The molecule has 7 nitrogen and oxygen atoms in total. The Kier molecular flexibility index (Phi) is 5.43. The molecule has 1 aromatic carbocycles. The Balaban J connectivity index is 1.71. The second-order valence-electron chi connectivity index (χ2n) is 5.23.